The van der Waals surface area contributed by atoms with Crippen molar-refractivity contribution in [1.29, 1.82) is 0 Å². The second kappa shape index (κ2) is 9.23. The van der Waals surface area contributed by atoms with Gasteiger partial charge in [0.2, 0.25) is 5.91 Å². The van der Waals surface area contributed by atoms with Crippen molar-refractivity contribution in [3.63, 3.8) is 0 Å². The predicted molar refractivity (Wildman–Crippen MR) is 121 cm³/mol. The Bertz CT molecular complexity index is 1020. The van der Waals surface area contributed by atoms with Crippen LogP contribution in [-0.4, -0.2) is 65.9 Å². The maximum atomic E-state index is 13.0. The number of alkyl carbamates (subject to hydrolysis) is 1. The van der Waals surface area contributed by atoms with E-state index in [1.807, 2.05) is 62.4 Å². The van der Waals surface area contributed by atoms with Crippen LogP contribution in [0.15, 0.2) is 48.5 Å². The largest absolute Gasteiger partial charge is 0.481 e. The lowest BCUT2D eigenvalue weighted by molar-refractivity contribution is -0.151. The van der Waals surface area contributed by atoms with Crippen molar-refractivity contribution in [3.8, 4) is 11.1 Å². The van der Waals surface area contributed by atoms with Gasteiger partial charge in [0.15, 0.2) is 0 Å². The monoisotopic (exact) mass is 452 g/mol. The summed E-state index contributed by atoms with van der Waals surface area (Å²) in [6.07, 6.45) is -1.34. The fraction of sp³-hybridized carbons (Fsp3) is 0.400. The van der Waals surface area contributed by atoms with Crippen LogP contribution in [0.4, 0.5) is 4.79 Å². The molecular formula is C25H28N2O6. The number of ether oxygens (including phenoxy) is 2. The molecule has 0 bridgehead atoms. The van der Waals surface area contributed by atoms with Crippen LogP contribution in [0.5, 0.6) is 0 Å². The van der Waals surface area contributed by atoms with Crippen molar-refractivity contribution in [2.45, 2.75) is 37.8 Å². The average molecular weight is 453 g/mol. The smallest absolute Gasteiger partial charge is 0.407 e. The van der Waals surface area contributed by atoms with Gasteiger partial charge in [-0.2, -0.15) is 0 Å². The van der Waals surface area contributed by atoms with Crippen LogP contribution >= 0.6 is 0 Å². The molecule has 1 saturated heterocycles. The van der Waals surface area contributed by atoms with Gasteiger partial charge in [-0.25, -0.2) is 4.79 Å². The van der Waals surface area contributed by atoms with Crippen LogP contribution in [0, 0.1) is 0 Å². The number of morpholine rings is 1. The highest BCUT2D eigenvalue weighted by Gasteiger charge is 2.35. The van der Waals surface area contributed by atoms with E-state index in [1.54, 1.807) is 0 Å². The van der Waals surface area contributed by atoms with Crippen molar-refractivity contribution in [2.75, 3.05) is 26.3 Å². The van der Waals surface area contributed by atoms with Crippen molar-refractivity contribution in [3.05, 3.63) is 59.7 Å². The van der Waals surface area contributed by atoms with Crippen LogP contribution in [0.3, 0.4) is 0 Å². The van der Waals surface area contributed by atoms with E-state index in [1.165, 1.54) is 4.90 Å². The number of nitrogens with zero attached hydrogens (tertiary/aromatic N) is 1. The molecule has 2 N–H and O–H groups in total. The number of carbonyl (C=O) groups excluding carboxylic acids is 2. The van der Waals surface area contributed by atoms with Crippen LogP contribution in [0.25, 0.3) is 11.1 Å². The summed E-state index contributed by atoms with van der Waals surface area (Å²) in [5.74, 6) is -1.76. The molecule has 0 saturated carbocycles. The van der Waals surface area contributed by atoms with Gasteiger partial charge < -0.3 is 24.8 Å². The zero-order chi connectivity index (χ0) is 23.6. The Morgan fingerprint density at radius 1 is 1.12 bits per heavy atom. The molecule has 2 aromatic carbocycles. The maximum Gasteiger partial charge on any atom is 0.407 e. The van der Waals surface area contributed by atoms with Crippen LogP contribution in [0.2, 0.25) is 0 Å². The second-order valence-corrected chi connectivity index (χ2v) is 8.99. The Balaban J connectivity index is 1.43. The first kappa shape index (κ1) is 22.8. The highest BCUT2D eigenvalue weighted by molar-refractivity contribution is 5.89. The first-order chi connectivity index (χ1) is 15.7. The van der Waals surface area contributed by atoms with Gasteiger partial charge >= 0.3 is 12.1 Å². The van der Waals surface area contributed by atoms with Crippen LogP contribution in [-0.2, 0) is 19.1 Å². The molecule has 2 aliphatic rings. The molecule has 8 nitrogen and oxygen atoms in total. The van der Waals surface area contributed by atoms with E-state index in [9.17, 15) is 19.5 Å². The molecule has 2 aromatic rings. The van der Waals surface area contributed by atoms with Gasteiger partial charge in [-0.05, 0) is 36.1 Å². The maximum absolute atomic E-state index is 13.0. The summed E-state index contributed by atoms with van der Waals surface area (Å²) >= 11 is 0. The zero-order valence-electron chi connectivity index (χ0n) is 18.7. The number of carboxylic acid groups (broad SMARTS) is 1. The van der Waals surface area contributed by atoms with Gasteiger partial charge in [0, 0.05) is 19.0 Å². The first-order valence-corrected chi connectivity index (χ1v) is 11.0. The number of hydrogen-bond acceptors (Lipinski definition) is 5. The molecule has 2 amide bonds. The number of hydrogen-bond donors (Lipinski definition) is 2. The van der Waals surface area contributed by atoms with Gasteiger partial charge in [0.05, 0.1) is 18.6 Å². The fourth-order valence-electron chi connectivity index (χ4n) is 4.58. The van der Waals surface area contributed by atoms with E-state index in [0.29, 0.717) is 19.7 Å². The van der Waals surface area contributed by atoms with E-state index in [4.69, 9.17) is 9.47 Å². The van der Waals surface area contributed by atoms with Crippen LogP contribution < -0.4 is 5.32 Å². The summed E-state index contributed by atoms with van der Waals surface area (Å²) < 4.78 is 11.1. The Hall–Kier alpha value is -3.39. The summed E-state index contributed by atoms with van der Waals surface area (Å²) in [5.41, 5.74) is 3.82. The molecule has 0 radical (unpaired) electrons. The molecule has 1 heterocycles. The quantitative estimate of drug-likeness (QED) is 0.698. The minimum Gasteiger partial charge on any atom is -0.481 e. The SMILES string of the molecule is CC1(C)CN(C(=O)C(CC(=O)O)NC(=O)OCC2c3ccccc3-c3ccccc32)CCO1. The van der Waals surface area contributed by atoms with Gasteiger partial charge in [-0.1, -0.05) is 48.5 Å². The molecule has 1 aliphatic carbocycles. The van der Waals surface area contributed by atoms with Gasteiger partial charge in [0.1, 0.15) is 12.6 Å². The van der Waals surface area contributed by atoms with Gasteiger partial charge in [0.25, 0.3) is 0 Å². The Kier molecular flexibility index (Phi) is 6.37. The third-order valence-corrected chi connectivity index (χ3v) is 6.05. The molecule has 33 heavy (non-hydrogen) atoms. The third-order valence-electron chi connectivity index (χ3n) is 6.05. The highest BCUT2D eigenvalue weighted by atomic mass is 16.5. The second-order valence-electron chi connectivity index (χ2n) is 8.99. The molecular weight excluding hydrogens is 424 g/mol. The van der Waals surface area contributed by atoms with E-state index in [2.05, 4.69) is 5.32 Å². The Morgan fingerprint density at radius 2 is 1.73 bits per heavy atom. The molecule has 0 spiro atoms. The predicted octanol–water partition coefficient (Wildman–Crippen LogP) is 3.01. The summed E-state index contributed by atoms with van der Waals surface area (Å²) in [5, 5.41) is 11.8. The first-order valence-electron chi connectivity index (χ1n) is 11.0. The standard InChI is InChI=1S/C25H28N2O6/c1-25(2)15-27(11-12-33-25)23(30)21(13-22(28)29)26-24(31)32-14-20-18-9-5-3-7-16(18)17-8-4-6-10-19(17)20/h3-10,20-21H,11-15H2,1-2H3,(H,26,31)(H,28,29). The molecule has 1 atom stereocenters. The van der Waals surface area contributed by atoms with Crippen molar-refractivity contribution in [2.24, 2.45) is 0 Å². The fourth-order valence-corrected chi connectivity index (χ4v) is 4.58. The average Bonchev–Trinajstić information content (AvgIpc) is 3.09. The molecule has 1 fully saturated rings. The zero-order valence-corrected chi connectivity index (χ0v) is 18.7. The molecule has 8 heteroatoms. The number of carbonyl (C=O) groups is 3. The van der Waals surface area contributed by atoms with Crippen molar-refractivity contribution in [1.82, 2.24) is 10.2 Å². The van der Waals surface area contributed by atoms with Crippen LogP contribution in [0.1, 0.15) is 37.3 Å². The summed E-state index contributed by atoms with van der Waals surface area (Å²) in [6, 6.07) is 14.7. The number of amides is 2. The summed E-state index contributed by atoms with van der Waals surface area (Å²) in [7, 11) is 0. The number of aliphatic carboxylic acids is 1. The lowest BCUT2D eigenvalue weighted by atomic mass is 9.98. The van der Waals surface area contributed by atoms with E-state index >= 15 is 0 Å². The molecule has 4 rings (SSSR count). The third kappa shape index (κ3) is 5.01. The molecule has 1 unspecified atom stereocenters. The minimum atomic E-state index is -1.22. The van der Waals surface area contributed by atoms with E-state index < -0.39 is 36.0 Å². The van der Waals surface area contributed by atoms with E-state index in [-0.39, 0.29) is 12.5 Å². The molecule has 0 aromatic heterocycles. The lowest BCUT2D eigenvalue weighted by Crippen LogP contribution is -2.56. The topological polar surface area (TPSA) is 105 Å². The Labute approximate surface area is 192 Å². The van der Waals surface area contributed by atoms with Crippen molar-refractivity contribution < 1.29 is 29.0 Å². The molecule has 174 valence electrons. The van der Waals surface area contributed by atoms with Gasteiger partial charge in [-0.3, -0.25) is 9.59 Å². The number of rotatable bonds is 6. The van der Waals surface area contributed by atoms with Gasteiger partial charge in [-0.15, -0.1) is 0 Å². The number of fused-ring (bicyclic) bond motifs is 3. The Morgan fingerprint density at radius 3 is 2.30 bits per heavy atom. The van der Waals surface area contributed by atoms with E-state index in [0.717, 1.165) is 22.3 Å². The number of benzene rings is 2. The number of nitrogens with one attached hydrogen (secondary N) is 1. The molecule has 1 aliphatic heterocycles. The normalized spacial score (nSPS) is 17.6. The summed E-state index contributed by atoms with van der Waals surface area (Å²) in [6.45, 7) is 4.80. The van der Waals surface area contributed by atoms with Crippen molar-refractivity contribution >= 4 is 18.0 Å². The lowest BCUT2D eigenvalue weighted by Gasteiger charge is -2.39. The highest BCUT2D eigenvalue weighted by Crippen LogP contribution is 2.44. The summed E-state index contributed by atoms with van der Waals surface area (Å²) in [4.78, 5) is 38.5. The number of carboxylic acids is 1. The minimum absolute atomic E-state index is 0.0818.